The maximum Gasteiger partial charge on any atom is 0.459 e. The lowest BCUT2D eigenvalue weighted by Crippen LogP contribution is -2.41. The van der Waals surface area contributed by atoms with Crippen LogP contribution in [0, 0.1) is 0 Å². The van der Waals surface area contributed by atoms with Crippen LogP contribution >= 0.6 is 7.75 Å². The average Bonchev–Trinajstić information content (AvgIpc) is 3.40. The lowest BCUT2D eigenvalue weighted by atomic mass is 9.98. The summed E-state index contributed by atoms with van der Waals surface area (Å²) in [6.07, 6.45) is -3.63. The van der Waals surface area contributed by atoms with Crippen LogP contribution < -0.4 is 20.1 Å². The Bertz CT molecular complexity index is 1390. The van der Waals surface area contributed by atoms with Crippen molar-refractivity contribution in [3.05, 3.63) is 36.7 Å². The number of hydrogen-bond acceptors (Lipinski definition) is 12. The van der Waals surface area contributed by atoms with Gasteiger partial charge in [-0.05, 0) is 39.8 Å². The van der Waals surface area contributed by atoms with E-state index in [9.17, 15) is 14.5 Å². The summed E-state index contributed by atoms with van der Waals surface area (Å²) in [7, 11) is -2.92. The van der Waals surface area contributed by atoms with E-state index in [0.29, 0.717) is 0 Å². The van der Waals surface area contributed by atoms with E-state index in [2.05, 4.69) is 20.0 Å². The Hall–Kier alpha value is -3.36. The number of halogens is 1. The van der Waals surface area contributed by atoms with E-state index >= 15 is 4.39 Å². The van der Waals surface area contributed by atoms with Crippen LogP contribution in [0.25, 0.3) is 11.2 Å². The second-order valence-corrected chi connectivity index (χ2v) is 11.3. The molecular weight excluding hydrogens is 550 g/mol. The standard InChI is InChI=1S/C24H32FN6O8P/c1-13(2)37-21(33)14(3)30-40(34,39-15-9-7-6-8-10-15)36-11-16-18(32)24(4,25)22(38-16)31-12-27-17-19(31)28-23(26)29-20(17)35-5/h6-10,12-14,16,18,22,32H,11H2,1-5H3,(H,30,34)(H2,26,28,29)/t14?,16-,18-,22?,24-,40+/m1/s1. The number of nitrogen functional groups attached to an aromatic ring is 1. The maximum atomic E-state index is 15.9. The number of nitrogens with zero attached hydrogens (tertiary/aromatic N) is 4. The van der Waals surface area contributed by atoms with Gasteiger partial charge in [0, 0.05) is 0 Å². The molecule has 3 heterocycles. The molecule has 16 heteroatoms. The van der Waals surface area contributed by atoms with Crippen LogP contribution in [0.5, 0.6) is 11.6 Å². The monoisotopic (exact) mass is 582 g/mol. The molecule has 0 saturated carbocycles. The predicted octanol–water partition coefficient (Wildman–Crippen LogP) is 2.54. The fraction of sp³-hybridized carbons (Fsp3) is 0.500. The number of aliphatic hydroxyl groups excluding tert-OH is 1. The van der Waals surface area contributed by atoms with Crippen molar-refractivity contribution >= 4 is 30.8 Å². The number of imidazole rings is 1. The van der Waals surface area contributed by atoms with Crippen LogP contribution in [0.15, 0.2) is 36.7 Å². The van der Waals surface area contributed by atoms with Gasteiger partial charge in [0.2, 0.25) is 11.8 Å². The molecule has 2 aromatic heterocycles. The first-order valence-electron chi connectivity index (χ1n) is 12.4. The normalized spacial score (nSPS) is 25.1. The van der Waals surface area contributed by atoms with Gasteiger partial charge in [-0.25, -0.2) is 13.9 Å². The summed E-state index contributed by atoms with van der Waals surface area (Å²) in [6, 6.07) is 7.02. The van der Waals surface area contributed by atoms with Gasteiger partial charge in [0.25, 0.3) is 0 Å². The number of aliphatic hydroxyl groups is 1. The number of nitrogens with two attached hydrogens (primary N) is 1. The minimum absolute atomic E-state index is 0.0791. The van der Waals surface area contributed by atoms with Crippen LogP contribution in [0.3, 0.4) is 0 Å². The number of rotatable bonds is 11. The highest BCUT2D eigenvalue weighted by molar-refractivity contribution is 7.52. The van der Waals surface area contributed by atoms with E-state index in [-0.39, 0.29) is 28.7 Å². The summed E-state index contributed by atoms with van der Waals surface area (Å²) in [5, 5.41) is 13.4. The average molecular weight is 583 g/mol. The van der Waals surface area contributed by atoms with Crippen LogP contribution in [0.4, 0.5) is 10.3 Å². The molecule has 1 aliphatic heterocycles. The number of methoxy groups -OCH3 is 1. The fourth-order valence-corrected chi connectivity index (χ4v) is 5.58. The van der Waals surface area contributed by atoms with E-state index in [0.717, 1.165) is 6.92 Å². The fourth-order valence-electron chi connectivity index (χ4n) is 4.08. The van der Waals surface area contributed by atoms with Gasteiger partial charge in [0.1, 0.15) is 24.0 Å². The third-order valence-corrected chi connectivity index (χ3v) is 7.65. The molecule has 4 rings (SSSR count). The van der Waals surface area contributed by atoms with Gasteiger partial charge >= 0.3 is 13.7 Å². The minimum atomic E-state index is -4.29. The van der Waals surface area contributed by atoms with E-state index in [1.165, 1.54) is 37.1 Å². The Morgan fingerprint density at radius 3 is 2.65 bits per heavy atom. The van der Waals surface area contributed by atoms with Gasteiger partial charge in [-0.2, -0.15) is 15.1 Å². The summed E-state index contributed by atoms with van der Waals surface area (Å²) in [6.45, 7) is 5.33. The highest BCUT2D eigenvalue weighted by Gasteiger charge is 2.56. The number of hydrogen-bond donors (Lipinski definition) is 3. The van der Waals surface area contributed by atoms with E-state index in [1.54, 1.807) is 32.0 Å². The number of ether oxygens (including phenoxy) is 3. The quantitative estimate of drug-likeness (QED) is 0.222. The number of aromatic nitrogens is 4. The molecule has 1 saturated heterocycles. The van der Waals surface area contributed by atoms with E-state index in [1.807, 2.05) is 0 Å². The van der Waals surface area contributed by atoms with Gasteiger partial charge in [0.05, 0.1) is 26.1 Å². The molecule has 6 atom stereocenters. The van der Waals surface area contributed by atoms with Gasteiger partial charge in [-0.3, -0.25) is 13.9 Å². The summed E-state index contributed by atoms with van der Waals surface area (Å²) >= 11 is 0. The van der Waals surface area contributed by atoms with Gasteiger partial charge in [0.15, 0.2) is 23.1 Å². The van der Waals surface area contributed by atoms with Crippen LogP contribution in [0.1, 0.15) is 33.9 Å². The molecular formula is C24H32FN6O8P. The predicted molar refractivity (Wildman–Crippen MR) is 140 cm³/mol. The highest BCUT2D eigenvalue weighted by atomic mass is 31.2. The Balaban J connectivity index is 1.56. The Morgan fingerprint density at radius 1 is 1.30 bits per heavy atom. The number of anilines is 1. The second kappa shape index (κ2) is 11.6. The third-order valence-electron chi connectivity index (χ3n) is 6.00. The van der Waals surface area contributed by atoms with Crippen molar-refractivity contribution in [3.8, 4) is 11.6 Å². The zero-order valence-corrected chi connectivity index (χ0v) is 23.4. The van der Waals surface area contributed by atoms with Crippen molar-refractivity contribution in [2.24, 2.45) is 0 Å². The number of alkyl halides is 1. The third kappa shape index (κ3) is 6.18. The second-order valence-electron chi connectivity index (χ2n) is 9.57. The molecule has 1 aromatic carbocycles. The molecule has 0 spiro atoms. The molecule has 0 amide bonds. The number of fused-ring (bicyclic) bond motifs is 1. The molecule has 3 aromatic rings. The largest absolute Gasteiger partial charge is 0.479 e. The smallest absolute Gasteiger partial charge is 0.459 e. The number of nitrogens with one attached hydrogen (secondary N) is 1. The molecule has 218 valence electrons. The first-order chi connectivity index (χ1) is 18.8. The van der Waals surface area contributed by atoms with E-state index < -0.39 is 56.6 Å². The number of carbonyl (C=O) groups excluding carboxylic acids is 1. The molecule has 2 unspecified atom stereocenters. The summed E-state index contributed by atoms with van der Waals surface area (Å²) in [5.41, 5.74) is 3.71. The number of esters is 1. The van der Waals surface area contributed by atoms with Crippen molar-refractivity contribution in [1.82, 2.24) is 24.6 Å². The van der Waals surface area contributed by atoms with Crippen LogP contribution in [0.2, 0.25) is 0 Å². The Morgan fingerprint density at radius 2 is 2.00 bits per heavy atom. The van der Waals surface area contributed by atoms with Crippen LogP contribution in [-0.2, 0) is 23.4 Å². The van der Waals surface area contributed by atoms with Gasteiger partial charge in [-0.1, -0.05) is 18.2 Å². The lowest BCUT2D eigenvalue weighted by molar-refractivity contribution is -0.149. The molecule has 0 aliphatic carbocycles. The number of para-hydroxylation sites is 1. The first-order valence-corrected chi connectivity index (χ1v) is 13.9. The Labute approximate surface area is 229 Å². The molecule has 40 heavy (non-hydrogen) atoms. The number of benzene rings is 1. The molecule has 0 bridgehead atoms. The van der Waals surface area contributed by atoms with Crippen molar-refractivity contribution in [1.29, 1.82) is 0 Å². The zero-order valence-electron chi connectivity index (χ0n) is 22.6. The first kappa shape index (κ1) is 29.6. The van der Waals surface area contributed by atoms with Gasteiger partial charge < -0.3 is 29.6 Å². The zero-order chi connectivity index (χ0) is 29.2. The maximum absolute atomic E-state index is 15.9. The number of carbonyl (C=O) groups is 1. The van der Waals surface area contributed by atoms with Crippen molar-refractivity contribution in [2.75, 3.05) is 19.5 Å². The highest BCUT2D eigenvalue weighted by Crippen LogP contribution is 2.48. The summed E-state index contributed by atoms with van der Waals surface area (Å²) in [4.78, 5) is 24.6. The molecule has 1 fully saturated rings. The van der Waals surface area contributed by atoms with Crippen molar-refractivity contribution in [3.63, 3.8) is 0 Å². The summed E-state index contributed by atoms with van der Waals surface area (Å²) < 4.78 is 58.3. The molecule has 1 aliphatic rings. The topological polar surface area (TPSA) is 182 Å². The van der Waals surface area contributed by atoms with Crippen molar-refractivity contribution in [2.45, 2.75) is 63.9 Å². The SMILES string of the molecule is COc1nc(N)nc2c1ncn2C1O[C@H](CO[P@@](=O)(NC(C)C(=O)OC(C)C)Oc2ccccc2)[C@@H](O)[C@@]1(C)F. The lowest BCUT2D eigenvalue weighted by Gasteiger charge is -2.25. The Kier molecular flexibility index (Phi) is 8.61. The molecule has 14 nitrogen and oxygen atoms in total. The summed E-state index contributed by atoms with van der Waals surface area (Å²) in [5.74, 6) is -0.566. The molecule has 0 radical (unpaired) electrons. The van der Waals surface area contributed by atoms with Crippen LogP contribution in [-0.4, -0.2) is 74.3 Å². The molecule has 4 N–H and O–H groups in total. The van der Waals surface area contributed by atoms with E-state index in [4.69, 9.17) is 29.0 Å². The van der Waals surface area contributed by atoms with Crippen molar-refractivity contribution < 1.29 is 42.1 Å². The minimum Gasteiger partial charge on any atom is -0.479 e. The van der Waals surface area contributed by atoms with Gasteiger partial charge in [-0.15, -0.1) is 0 Å².